The number of amides is 2. The molecule has 0 fully saturated rings. The largest absolute Gasteiger partial charge is 0.459 e. The Kier molecular flexibility index (Phi) is 6.26. The van der Waals surface area contributed by atoms with Crippen molar-refractivity contribution in [2.24, 2.45) is 0 Å². The Morgan fingerprint density at radius 1 is 1.30 bits per heavy atom. The number of rotatable bonds is 7. The highest BCUT2D eigenvalue weighted by Crippen LogP contribution is 2.17. The van der Waals surface area contributed by atoms with Gasteiger partial charge in [0, 0.05) is 16.4 Å². The van der Waals surface area contributed by atoms with Crippen molar-refractivity contribution >= 4 is 39.9 Å². The number of anilines is 1. The predicted molar refractivity (Wildman–Crippen MR) is 105 cm³/mol. The molecule has 8 heteroatoms. The molecule has 1 aromatic carbocycles. The second kappa shape index (κ2) is 8.83. The first kappa shape index (κ1) is 19.1. The van der Waals surface area contributed by atoms with Crippen molar-refractivity contribution < 1.29 is 14.0 Å². The molecule has 2 N–H and O–H groups in total. The minimum Gasteiger partial charge on any atom is -0.459 e. The van der Waals surface area contributed by atoms with Gasteiger partial charge in [0.1, 0.15) is 0 Å². The summed E-state index contributed by atoms with van der Waals surface area (Å²) in [4.78, 5) is 28.4. The molecular formula is C19H18ClN3O3S. The average molecular weight is 404 g/mol. The number of nitrogens with zero attached hydrogens (tertiary/aromatic N) is 1. The average Bonchev–Trinajstić information content (AvgIpc) is 3.26. The summed E-state index contributed by atoms with van der Waals surface area (Å²) in [6, 6.07) is 10.7. The monoisotopic (exact) mass is 403 g/mol. The summed E-state index contributed by atoms with van der Waals surface area (Å²) < 4.78 is 5.03. The van der Waals surface area contributed by atoms with E-state index in [0.29, 0.717) is 22.3 Å². The normalized spacial score (nSPS) is 11.8. The lowest BCUT2D eigenvalue weighted by Gasteiger charge is -2.13. The fourth-order valence-corrected chi connectivity index (χ4v) is 3.49. The lowest BCUT2D eigenvalue weighted by Crippen LogP contribution is -2.35. The van der Waals surface area contributed by atoms with Gasteiger partial charge in [-0.05, 0) is 43.2 Å². The number of hydrogen-bond acceptors (Lipinski definition) is 5. The Bertz CT molecular complexity index is 924. The van der Waals surface area contributed by atoms with E-state index in [2.05, 4.69) is 15.6 Å². The molecule has 1 atom stereocenters. The van der Waals surface area contributed by atoms with Gasteiger partial charge in [-0.3, -0.25) is 14.9 Å². The topological polar surface area (TPSA) is 84.2 Å². The molecule has 0 radical (unpaired) electrons. The van der Waals surface area contributed by atoms with Crippen LogP contribution in [0.5, 0.6) is 0 Å². The molecule has 0 aliphatic heterocycles. The van der Waals surface area contributed by atoms with Gasteiger partial charge in [0.25, 0.3) is 5.91 Å². The molecule has 0 spiro atoms. The molecule has 6 nitrogen and oxygen atoms in total. The molecule has 0 aliphatic carbocycles. The molecular weight excluding hydrogens is 386 g/mol. The van der Waals surface area contributed by atoms with Crippen molar-refractivity contribution in [3.05, 3.63) is 70.1 Å². The van der Waals surface area contributed by atoms with E-state index in [1.165, 1.54) is 17.6 Å². The molecule has 0 saturated heterocycles. The maximum atomic E-state index is 12.2. The van der Waals surface area contributed by atoms with Crippen LogP contribution in [0.3, 0.4) is 0 Å². The Morgan fingerprint density at radius 2 is 2.15 bits per heavy atom. The van der Waals surface area contributed by atoms with Crippen LogP contribution in [0, 0.1) is 0 Å². The van der Waals surface area contributed by atoms with Crippen LogP contribution in [-0.2, 0) is 17.6 Å². The Balaban J connectivity index is 1.49. The van der Waals surface area contributed by atoms with Crippen molar-refractivity contribution in [2.75, 3.05) is 5.32 Å². The summed E-state index contributed by atoms with van der Waals surface area (Å²) in [6.45, 7) is 1.94. The third kappa shape index (κ3) is 5.67. The highest BCUT2D eigenvalue weighted by atomic mass is 35.5. The van der Waals surface area contributed by atoms with E-state index in [-0.39, 0.29) is 30.0 Å². The smallest absolute Gasteiger partial charge is 0.293 e. The summed E-state index contributed by atoms with van der Waals surface area (Å²) in [6.07, 6.45) is 2.26. The van der Waals surface area contributed by atoms with Crippen molar-refractivity contribution in [1.82, 2.24) is 10.3 Å². The van der Waals surface area contributed by atoms with Crippen LogP contribution in [0.2, 0.25) is 5.02 Å². The van der Waals surface area contributed by atoms with Crippen molar-refractivity contribution in [3.63, 3.8) is 0 Å². The lowest BCUT2D eigenvalue weighted by atomic mass is 10.1. The standard InChI is InChI=1S/C19H18ClN3O3S/c1-12(8-13-4-2-5-14(20)9-13)21-17(24)10-15-11-27-19(22-15)23-18(25)16-6-3-7-26-16/h2-7,9,11-12H,8,10H2,1H3,(H,21,24)(H,22,23,25)/t12-/m1/s1. The number of halogens is 1. The number of carbonyl (C=O) groups excluding carboxylic acids is 2. The van der Waals surface area contributed by atoms with Gasteiger partial charge < -0.3 is 9.73 Å². The van der Waals surface area contributed by atoms with Gasteiger partial charge in [-0.25, -0.2) is 4.98 Å². The molecule has 0 bridgehead atoms. The maximum absolute atomic E-state index is 12.2. The van der Waals surface area contributed by atoms with E-state index in [9.17, 15) is 9.59 Å². The molecule has 0 unspecified atom stereocenters. The van der Waals surface area contributed by atoms with Crippen LogP contribution >= 0.6 is 22.9 Å². The van der Waals surface area contributed by atoms with Gasteiger partial charge in [0.05, 0.1) is 18.4 Å². The third-order valence-electron chi connectivity index (χ3n) is 3.70. The fraction of sp³-hybridized carbons (Fsp3) is 0.211. The van der Waals surface area contributed by atoms with E-state index in [1.807, 2.05) is 31.2 Å². The number of carbonyl (C=O) groups is 2. The zero-order chi connectivity index (χ0) is 19.2. The molecule has 27 heavy (non-hydrogen) atoms. The van der Waals surface area contributed by atoms with Gasteiger partial charge in [0.15, 0.2) is 10.9 Å². The first-order valence-corrected chi connectivity index (χ1v) is 9.58. The van der Waals surface area contributed by atoms with Crippen LogP contribution in [-0.4, -0.2) is 22.8 Å². The molecule has 3 aromatic rings. The Labute approximate surface area is 165 Å². The predicted octanol–water partition coefficient (Wildman–Crippen LogP) is 3.93. The Morgan fingerprint density at radius 3 is 2.89 bits per heavy atom. The summed E-state index contributed by atoms with van der Waals surface area (Å²) in [5.74, 6) is -0.293. The summed E-state index contributed by atoms with van der Waals surface area (Å²) in [7, 11) is 0. The van der Waals surface area contributed by atoms with Crippen LogP contribution in [0.1, 0.15) is 28.7 Å². The number of benzene rings is 1. The van der Waals surface area contributed by atoms with Gasteiger partial charge in [-0.1, -0.05) is 23.7 Å². The summed E-state index contributed by atoms with van der Waals surface area (Å²) >= 11 is 7.24. The number of aromatic nitrogens is 1. The molecule has 0 saturated carbocycles. The molecule has 2 heterocycles. The van der Waals surface area contributed by atoms with Gasteiger partial charge in [-0.2, -0.15) is 0 Å². The van der Waals surface area contributed by atoms with Crippen LogP contribution < -0.4 is 10.6 Å². The van der Waals surface area contributed by atoms with E-state index >= 15 is 0 Å². The summed E-state index contributed by atoms with van der Waals surface area (Å²) in [5.41, 5.74) is 1.66. The SMILES string of the molecule is C[C@H](Cc1cccc(Cl)c1)NC(=O)Cc1csc(NC(=O)c2ccco2)n1. The lowest BCUT2D eigenvalue weighted by molar-refractivity contribution is -0.121. The van der Waals surface area contributed by atoms with Crippen molar-refractivity contribution in [1.29, 1.82) is 0 Å². The van der Waals surface area contributed by atoms with Gasteiger partial charge in [-0.15, -0.1) is 11.3 Å². The zero-order valence-electron chi connectivity index (χ0n) is 14.6. The van der Waals surface area contributed by atoms with Gasteiger partial charge >= 0.3 is 0 Å². The summed E-state index contributed by atoms with van der Waals surface area (Å²) in [5, 5.41) is 8.45. The first-order chi connectivity index (χ1) is 13.0. The van der Waals surface area contributed by atoms with Crippen molar-refractivity contribution in [3.8, 4) is 0 Å². The van der Waals surface area contributed by atoms with Crippen molar-refractivity contribution in [2.45, 2.75) is 25.8 Å². The van der Waals surface area contributed by atoms with Gasteiger partial charge in [0.2, 0.25) is 5.91 Å². The van der Waals surface area contributed by atoms with E-state index in [1.54, 1.807) is 17.5 Å². The number of thiazole rings is 1. The highest BCUT2D eigenvalue weighted by molar-refractivity contribution is 7.14. The number of furan rings is 1. The highest BCUT2D eigenvalue weighted by Gasteiger charge is 2.14. The Hall–Kier alpha value is -2.64. The molecule has 0 aliphatic rings. The van der Waals surface area contributed by atoms with E-state index in [4.69, 9.17) is 16.0 Å². The molecule has 2 amide bonds. The third-order valence-corrected chi connectivity index (χ3v) is 4.74. The quantitative estimate of drug-likeness (QED) is 0.626. The molecule has 2 aromatic heterocycles. The molecule has 3 rings (SSSR count). The van der Waals surface area contributed by atoms with Crippen LogP contribution in [0.25, 0.3) is 0 Å². The van der Waals surface area contributed by atoms with Crippen LogP contribution in [0.15, 0.2) is 52.5 Å². The van der Waals surface area contributed by atoms with Crippen LogP contribution in [0.4, 0.5) is 5.13 Å². The number of nitrogens with one attached hydrogen (secondary N) is 2. The fourth-order valence-electron chi connectivity index (χ4n) is 2.57. The minimum atomic E-state index is -0.375. The second-order valence-electron chi connectivity index (χ2n) is 6.05. The van der Waals surface area contributed by atoms with E-state index in [0.717, 1.165) is 5.56 Å². The van der Waals surface area contributed by atoms with E-state index < -0.39 is 0 Å². The molecule has 140 valence electrons. The second-order valence-corrected chi connectivity index (χ2v) is 7.35. The minimum absolute atomic E-state index is 0.0345. The first-order valence-electron chi connectivity index (χ1n) is 8.32. The maximum Gasteiger partial charge on any atom is 0.293 e. The zero-order valence-corrected chi connectivity index (χ0v) is 16.1. The number of hydrogen-bond donors (Lipinski definition) is 2.